The highest BCUT2D eigenvalue weighted by Gasteiger charge is 2.11. The van der Waals surface area contributed by atoms with Crippen LogP contribution in [0.15, 0.2) is 40.9 Å². The molecule has 1 amide bonds. The van der Waals surface area contributed by atoms with Crippen molar-refractivity contribution in [3.05, 3.63) is 57.0 Å². The third kappa shape index (κ3) is 3.10. The molecule has 20 heavy (non-hydrogen) atoms. The average molecular weight is 351 g/mol. The van der Waals surface area contributed by atoms with Gasteiger partial charge in [-0.2, -0.15) is 5.26 Å². The Hall–Kier alpha value is -2.03. The Labute approximate surface area is 129 Å². The maximum atomic E-state index is 12.2. The fourth-order valence-electron chi connectivity index (χ4n) is 1.60. The lowest BCUT2D eigenvalue weighted by Gasteiger charge is -2.08. The van der Waals surface area contributed by atoms with E-state index in [2.05, 4.69) is 21.2 Å². The van der Waals surface area contributed by atoms with Crippen molar-refractivity contribution in [3.8, 4) is 6.07 Å². The molecule has 0 saturated heterocycles. The third-order valence-corrected chi connectivity index (χ3v) is 3.60. The highest BCUT2D eigenvalue weighted by Crippen LogP contribution is 2.23. The molecule has 4 nitrogen and oxygen atoms in total. The molecule has 0 saturated carbocycles. The van der Waals surface area contributed by atoms with E-state index < -0.39 is 0 Å². The van der Waals surface area contributed by atoms with Gasteiger partial charge in [-0.15, -0.1) is 0 Å². The standard InChI is InChI=1S/C14H9BrClN3O/c15-12-3-1-9(18)6-11(12)14(20)19-10-2-4-13(16)8(5-10)7-17/h1-6H,18H2,(H,19,20). The highest BCUT2D eigenvalue weighted by atomic mass is 79.9. The van der Waals surface area contributed by atoms with Gasteiger partial charge in [0.05, 0.1) is 16.1 Å². The number of benzene rings is 2. The number of amides is 1. The second-order valence-corrected chi connectivity index (χ2v) is 5.26. The summed E-state index contributed by atoms with van der Waals surface area (Å²) in [5, 5.41) is 11.9. The molecule has 0 heterocycles. The second kappa shape index (κ2) is 5.95. The minimum absolute atomic E-state index is 0.302. The molecule has 0 aliphatic carbocycles. The van der Waals surface area contributed by atoms with Gasteiger partial charge in [0.25, 0.3) is 5.91 Å². The van der Waals surface area contributed by atoms with E-state index in [-0.39, 0.29) is 5.91 Å². The maximum Gasteiger partial charge on any atom is 0.256 e. The molecule has 0 spiro atoms. The number of hydrogen-bond donors (Lipinski definition) is 2. The number of carbonyl (C=O) groups excluding carboxylic acids is 1. The van der Waals surface area contributed by atoms with Crippen LogP contribution in [-0.4, -0.2) is 5.91 Å². The lowest BCUT2D eigenvalue weighted by atomic mass is 10.1. The van der Waals surface area contributed by atoms with E-state index in [0.29, 0.717) is 32.0 Å². The summed E-state index contributed by atoms with van der Waals surface area (Å²) in [4.78, 5) is 12.2. The van der Waals surface area contributed by atoms with Crippen LogP contribution >= 0.6 is 27.5 Å². The molecule has 2 aromatic rings. The molecule has 0 radical (unpaired) electrons. The Morgan fingerprint density at radius 3 is 2.75 bits per heavy atom. The first kappa shape index (κ1) is 14.4. The Bertz CT molecular complexity index is 725. The van der Waals surface area contributed by atoms with Crippen molar-refractivity contribution in [2.45, 2.75) is 0 Å². The molecule has 0 fully saturated rings. The number of nitrogens with zero attached hydrogens (tertiary/aromatic N) is 1. The van der Waals surface area contributed by atoms with E-state index in [1.54, 1.807) is 30.3 Å². The van der Waals surface area contributed by atoms with Crippen LogP contribution < -0.4 is 11.1 Å². The van der Waals surface area contributed by atoms with Crippen LogP contribution in [0.5, 0.6) is 0 Å². The number of nitrogens with one attached hydrogen (secondary N) is 1. The number of nitrogens with two attached hydrogens (primary N) is 1. The molecule has 100 valence electrons. The number of nitrogen functional groups attached to an aromatic ring is 1. The Morgan fingerprint density at radius 1 is 1.30 bits per heavy atom. The summed E-state index contributed by atoms with van der Waals surface area (Å²) in [6.07, 6.45) is 0. The number of carbonyl (C=O) groups is 1. The molecule has 3 N–H and O–H groups in total. The molecule has 0 atom stereocenters. The molecular formula is C14H9BrClN3O. The van der Waals surface area contributed by atoms with E-state index in [1.807, 2.05) is 6.07 Å². The predicted molar refractivity (Wildman–Crippen MR) is 82.7 cm³/mol. The van der Waals surface area contributed by atoms with E-state index in [4.69, 9.17) is 22.6 Å². The maximum absolute atomic E-state index is 12.2. The lowest BCUT2D eigenvalue weighted by molar-refractivity contribution is 0.102. The lowest BCUT2D eigenvalue weighted by Crippen LogP contribution is -2.13. The number of anilines is 2. The van der Waals surface area contributed by atoms with Gasteiger partial charge in [0, 0.05) is 15.8 Å². The zero-order chi connectivity index (χ0) is 14.7. The number of halogens is 2. The molecule has 0 aromatic heterocycles. The summed E-state index contributed by atoms with van der Waals surface area (Å²) in [6, 6.07) is 11.6. The van der Waals surface area contributed by atoms with Gasteiger partial charge in [-0.1, -0.05) is 11.6 Å². The molecule has 0 unspecified atom stereocenters. The van der Waals surface area contributed by atoms with Gasteiger partial charge >= 0.3 is 0 Å². The van der Waals surface area contributed by atoms with Crippen molar-refractivity contribution < 1.29 is 4.79 Å². The second-order valence-electron chi connectivity index (χ2n) is 4.00. The molecule has 2 rings (SSSR count). The van der Waals surface area contributed by atoms with Gasteiger partial charge in [-0.3, -0.25) is 4.79 Å². The van der Waals surface area contributed by atoms with Gasteiger partial charge in [-0.25, -0.2) is 0 Å². The first-order valence-corrected chi connectivity index (χ1v) is 6.74. The van der Waals surface area contributed by atoms with Crippen molar-refractivity contribution in [2.75, 3.05) is 11.1 Å². The van der Waals surface area contributed by atoms with Gasteiger partial charge < -0.3 is 11.1 Å². The summed E-state index contributed by atoms with van der Waals surface area (Å²) in [7, 11) is 0. The van der Waals surface area contributed by atoms with E-state index in [1.165, 1.54) is 6.07 Å². The fourth-order valence-corrected chi connectivity index (χ4v) is 2.19. The minimum Gasteiger partial charge on any atom is -0.399 e. The largest absolute Gasteiger partial charge is 0.399 e. The molecule has 0 aliphatic heterocycles. The number of hydrogen-bond acceptors (Lipinski definition) is 3. The SMILES string of the molecule is N#Cc1cc(NC(=O)c2cc(N)ccc2Br)ccc1Cl. The van der Waals surface area contributed by atoms with Crippen LogP contribution in [0.2, 0.25) is 5.02 Å². The van der Waals surface area contributed by atoms with Crippen LogP contribution in [0, 0.1) is 11.3 Å². The fraction of sp³-hybridized carbons (Fsp3) is 0. The molecule has 2 aromatic carbocycles. The first-order valence-electron chi connectivity index (χ1n) is 5.57. The summed E-state index contributed by atoms with van der Waals surface area (Å²) in [5.41, 5.74) is 7.36. The van der Waals surface area contributed by atoms with Crippen LogP contribution in [0.25, 0.3) is 0 Å². The van der Waals surface area contributed by atoms with Gasteiger partial charge in [0.2, 0.25) is 0 Å². The first-order chi connectivity index (χ1) is 9.51. The summed E-state index contributed by atoms with van der Waals surface area (Å²) < 4.78 is 0.638. The summed E-state index contributed by atoms with van der Waals surface area (Å²) >= 11 is 9.13. The van der Waals surface area contributed by atoms with Gasteiger partial charge in [0.15, 0.2) is 0 Å². The number of nitriles is 1. The normalized spacial score (nSPS) is 9.85. The van der Waals surface area contributed by atoms with E-state index in [9.17, 15) is 4.79 Å². The van der Waals surface area contributed by atoms with Gasteiger partial charge in [0.1, 0.15) is 6.07 Å². The van der Waals surface area contributed by atoms with Crippen LogP contribution in [0.4, 0.5) is 11.4 Å². The van der Waals surface area contributed by atoms with Crippen LogP contribution in [-0.2, 0) is 0 Å². The van der Waals surface area contributed by atoms with E-state index >= 15 is 0 Å². The quantitative estimate of drug-likeness (QED) is 0.808. The Balaban J connectivity index is 2.28. The summed E-state index contributed by atoms with van der Waals surface area (Å²) in [6.45, 7) is 0. The topological polar surface area (TPSA) is 78.9 Å². The van der Waals surface area contributed by atoms with Gasteiger partial charge in [-0.05, 0) is 52.3 Å². The molecule has 0 bridgehead atoms. The monoisotopic (exact) mass is 349 g/mol. The smallest absolute Gasteiger partial charge is 0.256 e. The highest BCUT2D eigenvalue weighted by molar-refractivity contribution is 9.10. The van der Waals surface area contributed by atoms with Crippen molar-refractivity contribution >= 4 is 44.8 Å². The van der Waals surface area contributed by atoms with Crippen LogP contribution in [0.1, 0.15) is 15.9 Å². The molecule has 0 aliphatic rings. The third-order valence-electron chi connectivity index (χ3n) is 2.58. The number of rotatable bonds is 2. The zero-order valence-corrected chi connectivity index (χ0v) is 12.5. The van der Waals surface area contributed by atoms with Crippen LogP contribution in [0.3, 0.4) is 0 Å². The Kier molecular flexibility index (Phi) is 4.28. The van der Waals surface area contributed by atoms with Crippen molar-refractivity contribution in [3.63, 3.8) is 0 Å². The molecular weight excluding hydrogens is 342 g/mol. The van der Waals surface area contributed by atoms with Crippen molar-refractivity contribution in [2.24, 2.45) is 0 Å². The Morgan fingerprint density at radius 2 is 2.05 bits per heavy atom. The summed E-state index contributed by atoms with van der Waals surface area (Å²) in [5.74, 6) is -0.324. The van der Waals surface area contributed by atoms with Crippen molar-refractivity contribution in [1.29, 1.82) is 5.26 Å². The zero-order valence-electron chi connectivity index (χ0n) is 10.2. The van der Waals surface area contributed by atoms with Crippen molar-refractivity contribution in [1.82, 2.24) is 0 Å². The predicted octanol–water partition coefficient (Wildman–Crippen LogP) is 3.81. The average Bonchev–Trinajstić information content (AvgIpc) is 2.43. The minimum atomic E-state index is -0.324. The van der Waals surface area contributed by atoms with E-state index in [0.717, 1.165) is 0 Å². The molecule has 6 heteroatoms.